The summed E-state index contributed by atoms with van der Waals surface area (Å²) in [4.78, 5) is 0. The number of benzene rings is 1. The molecule has 6 nitrogen and oxygen atoms in total. The van der Waals surface area contributed by atoms with Crippen LogP contribution in [-0.2, 0) is 14.2 Å². The van der Waals surface area contributed by atoms with Gasteiger partial charge in [-0.3, -0.25) is 0 Å². The van der Waals surface area contributed by atoms with Crippen LogP contribution in [0.15, 0.2) is 36.1 Å². The Morgan fingerprint density at radius 3 is 2.79 bits per heavy atom. The molecule has 130 valence electrons. The molecule has 1 N–H and O–H groups in total. The molecule has 1 aliphatic rings. The van der Waals surface area contributed by atoms with Crippen molar-refractivity contribution >= 4 is 17.5 Å². The highest BCUT2D eigenvalue weighted by atomic mass is 16.6. The third kappa shape index (κ3) is 3.90. The maximum absolute atomic E-state index is 12.2. The fraction of sp³-hybridized carbons (Fsp3) is 0.333. The Kier molecular flexibility index (Phi) is 6.28. The lowest BCUT2D eigenvalue weighted by Gasteiger charge is -2.28. The van der Waals surface area contributed by atoms with E-state index in [1.165, 1.54) is 13.2 Å². The number of rotatable bonds is 7. The molecule has 0 unspecified atom stereocenters. The van der Waals surface area contributed by atoms with Gasteiger partial charge >= 0.3 is 0 Å². The van der Waals surface area contributed by atoms with Crippen molar-refractivity contribution in [1.29, 1.82) is 0 Å². The average Bonchev–Trinajstić information content (AvgIpc) is 2.61. The van der Waals surface area contributed by atoms with E-state index in [2.05, 4.69) is 0 Å². The largest absolute Gasteiger partial charge is 0.616 e. The summed E-state index contributed by atoms with van der Waals surface area (Å²) in [7, 11) is 2.88. The quantitative estimate of drug-likeness (QED) is 0.681. The van der Waals surface area contributed by atoms with Crippen LogP contribution in [0.2, 0.25) is 0 Å². The van der Waals surface area contributed by atoms with Crippen molar-refractivity contribution in [2.45, 2.75) is 12.8 Å². The van der Waals surface area contributed by atoms with E-state index in [0.29, 0.717) is 46.8 Å². The minimum atomic E-state index is -0.478. The fourth-order valence-corrected chi connectivity index (χ4v) is 2.43. The summed E-state index contributed by atoms with van der Waals surface area (Å²) in [5.74, 6) is -0.483. The van der Waals surface area contributed by atoms with Gasteiger partial charge < -0.3 is 29.5 Å². The van der Waals surface area contributed by atoms with Gasteiger partial charge in [0.25, 0.3) is 0 Å². The molecule has 1 aromatic carbocycles. The number of ether oxygens (including phenoxy) is 3. The van der Waals surface area contributed by atoms with Crippen molar-refractivity contribution in [3.05, 3.63) is 52.1 Å². The maximum Gasteiger partial charge on any atom is 0.0646 e. The minimum Gasteiger partial charge on any atom is -0.616 e. The molecule has 0 amide bonds. The first-order valence-corrected chi connectivity index (χ1v) is 7.56. The van der Waals surface area contributed by atoms with Crippen LogP contribution in [-0.4, -0.2) is 32.5 Å². The maximum atomic E-state index is 12.2. The van der Waals surface area contributed by atoms with Gasteiger partial charge in [-0.25, -0.2) is 0 Å². The Balaban J connectivity index is 2.63. The zero-order valence-corrected chi connectivity index (χ0v) is 13.7. The van der Waals surface area contributed by atoms with Crippen molar-refractivity contribution in [3.8, 4) is 0 Å². The standard InChI is InChI=1S/C18H22O6/c1-22-10-4-5-13-15-11-12(17(20)23-2)7-8-14(15)18(21)24-16(13)6-3-9-19/h4-5,7-8,11,19-21H,3,6,9-10H2,1-2H3/p-2. The Labute approximate surface area is 140 Å². The van der Waals surface area contributed by atoms with E-state index >= 15 is 0 Å². The van der Waals surface area contributed by atoms with Gasteiger partial charge in [0.15, 0.2) is 0 Å². The van der Waals surface area contributed by atoms with Gasteiger partial charge in [0.2, 0.25) is 0 Å². The van der Waals surface area contributed by atoms with E-state index < -0.39 is 11.9 Å². The predicted molar refractivity (Wildman–Crippen MR) is 84.9 cm³/mol. The molecule has 0 radical (unpaired) electrons. The number of aliphatic hydroxyl groups excluding tert-OH is 1. The fourth-order valence-electron chi connectivity index (χ4n) is 2.43. The number of hydrogen-bond acceptors (Lipinski definition) is 6. The minimum absolute atomic E-state index is 0.00876. The second-order valence-electron chi connectivity index (χ2n) is 5.16. The Bertz CT molecular complexity index is 760. The normalized spacial score (nSPS) is 15.4. The van der Waals surface area contributed by atoms with Gasteiger partial charge in [0, 0.05) is 18.9 Å². The topological polar surface area (TPSA) is 94.0 Å². The summed E-state index contributed by atoms with van der Waals surface area (Å²) < 4.78 is 15.2. The van der Waals surface area contributed by atoms with Gasteiger partial charge in [0.05, 0.1) is 18.5 Å². The molecule has 0 aliphatic carbocycles. The highest BCUT2D eigenvalue weighted by Crippen LogP contribution is 2.26. The van der Waals surface area contributed by atoms with Crippen molar-refractivity contribution in [3.63, 3.8) is 0 Å². The van der Waals surface area contributed by atoms with Crippen molar-refractivity contribution in [2.24, 2.45) is 0 Å². The summed E-state index contributed by atoms with van der Waals surface area (Å²) >= 11 is 0. The zero-order valence-electron chi connectivity index (χ0n) is 13.7. The lowest BCUT2D eigenvalue weighted by molar-refractivity contribution is -0.288. The van der Waals surface area contributed by atoms with Gasteiger partial charge in [-0.05, 0) is 48.1 Å². The molecule has 1 heterocycles. The molecule has 0 saturated carbocycles. The smallest absolute Gasteiger partial charge is 0.0646 e. The molecular formula is C18H20O6-2. The highest BCUT2D eigenvalue weighted by Gasteiger charge is 2.12. The van der Waals surface area contributed by atoms with Crippen LogP contribution in [0.3, 0.4) is 0 Å². The SMILES string of the molecule is COCC=CC1=C(CCCO)OC([O-])=c2ccc(=C([O-])OC)cc21. The first-order valence-electron chi connectivity index (χ1n) is 7.56. The molecule has 0 saturated heterocycles. The molecular weight excluding hydrogens is 312 g/mol. The second kappa shape index (κ2) is 8.42. The van der Waals surface area contributed by atoms with E-state index in [9.17, 15) is 10.2 Å². The molecule has 1 aliphatic heterocycles. The second-order valence-corrected chi connectivity index (χ2v) is 5.16. The van der Waals surface area contributed by atoms with Crippen LogP contribution in [0.1, 0.15) is 18.4 Å². The summed E-state index contributed by atoms with van der Waals surface area (Å²) in [6.45, 7) is 0.391. The summed E-state index contributed by atoms with van der Waals surface area (Å²) in [5, 5.41) is 33.8. The van der Waals surface area contributed by atoms with Crippen molar-refractivity contribution in [2.75, 3.05) is 27.4 Å². The van der Waals surface area contributed by atoms with Crippen LogP contribution >= 0.6 is 0 Å². The van der Waals surface area contributed by atoms with Crippen LogP contribution in [0.25, 0.3) is 17.5 Å². The number of allylic oxidation sites excluding steroid dienone is 3. The molecule has 6 heteroatoms. The van der Waals surface area contributed by atoms with Gasteiger partial charge in [0.1, 0.15) is 0 Å². The van der Waals surface area contributed by atoms with Gasteiger partial charge in [-0.2, -0.15) is 0 Å². The molecule has 0 spiro atoms. The van der Waals surface area contributed by atoms with Crippen LogP contribution in [0.4, 0.5) is 0 Å². The van der Waals surface area contributed by atoms with Crippen LogP contribution in [0, 0.1) is 0 Å². The number of fused-ring (bicyclic) bond motifs is 1. The lowest BCUT2D eigenvalue weighted by atomic mass is 9.97. The van der Waals surface area contributed by atoms with E-state index in [0.717, 1.165) is 0 Å². The zero-order chi connectivity index (χ0) is 17.5. The number of hydrogen-bond donors (Lipinski definition) is 1. The molecule has 0 bridgehead atoms. The van der Waals surface area contributed by atoms with E-state index in [-0.39, 0.29) is 6.61 Å². The van der Waals surface area contributed by atoms with Gasteiger partial charge in [-0.1, -0.05) is 24.3 Å². The molecule has 24 heavy (non-hydrogen) atoms. The first-order chi connectivity index (χ1) is 11.6. The first kappa shape index (κ1) is 17.9. The van der Waals surface area contributed by atoms with E-state index in [4.69, 9.17) is 19.3 Å². The molecule has 2 rings (SSSR count). The molecule has 0 fully saturated rings. The monoisotopic (exact) mass is 332 g/mol. The van der Waals surface area contributed by atoms with Crippen molar-refractivity contribution < 1.29 is 29.5 Å². The van der Waals surface area contributed by atoms with Crippen molar-refractivity contribution in [1.82, 2.24) is 0 Å². The third-order valence-electron chi connectivity index (χ3n) is 3.58. The summed E-state index contributed by atoms with van der Waals surface area (Å²) in [6.07, 6.45) is 4.47. The molecule has 1 aromatic rings. The Hall–Kier alpha value is -2.44. The Morgan fingerprint density at radius 1 is 1.33 bits per heavy atom. The Morgan fingerprint density at radius 2 is 2.12 bits per heavy atom. The number of methoxy groups -OCH3 is 2. The van der Waals surface area contributed by atoms with E-state index in [1.54, 1.807) is 31.4 Å². The van der Waals surface area contributed by atoms with Gasteiger partial charge in [-0.15, -0.1) is 0 Å². The lowest BCUT2D eigenvalue weighted by Crippen LogP contribution is -2.29. The average molecular weight is 332 g/mol. The molecule has 0 atom stereocenters. The number of aliphatic hydroxyl groups is 1. The molecule has 0 aromatic heterocycles. The predicted octanol–water partition coefficient (Wildman–Crippen LogP) is -1.10. The van der Waals surface area contributed by atoms with Crippen LogP contribution < -0.4 is 20.7 Å². The summed E-state index contributed by atoms with van der Waals surface area (Å²) in [5.41, 5.74) is 1.30. The van der Waals surface area contributed by atoms with E-state index in [1.807, 2.05) is 0 Å². The summed E-state index contributed by atoms with van der Waals surface area (Å²) in [6, 6.07) is 4.70. The van der Waals surface area contributed by atoms with Crippen LogP contribution in [0.5, 0.6) is 0 Å². The third-order valence-corrected chi connectivity index (χ3v) is 3.58. The highest BCUT2D eigenvalue weighted by molar-refractivity contribution is 5.78.